The Morgan fingerprint density at radius 2 is 1.57 bits per heavy atom. The normalized spacial score (nSPS) is 14.6. The summed E-state index contributed by atoms with van der Waals surface area (Å²) in [5.74, 6) is -0.518. The second kappa shape index (κ2) is 13.6. The molecule has 37 heavy (non-hydrogen) atoms. The third-order valence-corrected chi connectivity index (χ3v) is 5.50. The molecule has 206 valence electrons. The van der Waals surface area contributed by atoms with E-state index in [0.29, 0.717) is 12.1 Å². The summed E-state index contributed by atoms with van der Waals surface area (Å²) < 4.78 is 83.1. The van der Waals surface area contributed by atoms with E-state index in [1.54, 1.807) is 6.07 Å². The molecule has 0 saturated heterocycles. The molecule has 2 rings (SSSR count). The van der Waals surface area contributed by atoms with Crippen molar-refractivity contribution < 1.29 is 35.9 Å². The fraction of sp³-hybridized carbons (Fsp3) is 0.500. The Morgan fingerprint density at radius 3 is 2.08 bits per heavy atom. The molecule has 2 aromatic carbocycles. The van der Waals surface area contributed by atoms with Crippen molar-refractivity contribution in [1.29, 1.82) is 0 Å². The zero-order valence-corrected chi connectivity index (χ0v) is 20.9. The van der Waals surface area contributed by atoms with Gasteiger partial charge in [-0.15, -0.1) is 0 Å². The minimum Gasteiger partial charge on any atom is -0.484 e. The van der Waals surface area contributed by atoms with Gasteiger partial charge in [0.1, 0.15) is 11.8 Å². The highest BCUT2D eigenvalue weighted by Crippen LogP contribution is 2.33. The highest BCUT2D eigenvalue weighted by Gasteiger charge is 2.43. The van der Waals surface area contributed by atoms with Gasteiger partial charge in [0, 0.05) is 18.3 Å². The van der Waals surface area contributed by atoms with Crippen LogP contribution in [0.25, 0.3) is 0 Å². The van der Waals surface area contributed by atoms with Crippen LogP contribution >= 0.6 is 0 Å². The van der Waals surface area contributed by atoms with Gasteiger partial charge in [-0.25, -0.2) is 0 Å². The first-order valence-corrected chi connectivity index (χ1v) is 12.0. The van der Waals surface area contributed by atoms with Crippen molar-refractivity contribution in [2.45, 2.75) is 64.1 Å². The molecule has 11 heteroatoms. The van der Waals surface area contributed by atoms with Crippen LogP contribution in [0, 0.1) is 5.92 Å². The highest BCUT2D eigenvalue weighted by atomic mass is 19.4. The molecule has 0 aliphatic heterocycles. The number of anilines is 1. The summed E-state index contributed by atoms with van der Waals surface area (Å²) >= 11 is 0. The second-order valence-corrected chi connectivity index (χ2v) is 9.16. The lowest BCUT2D eigenvalue weighted by Crippen LogP contribution is -2.52. The van der Waals surface area contributed by atoms with Gasteiger partial charge in [0.15, 0.2) is 6.61 Å². The monoisotopic (exact) mass is 533 g/mol. The summed E-state index contributed by atoms with van der Waals surface area (Å²) in [6, 6.07) is 9.76. The van der Waals surface area contributed by atoms with Gasteiger partial charge in [-0.3, -0.25) is 10.1 Å². The number of alkyl halides is 6. The van der Waals surface area contributed by atoms with Crippen molar-refractivity contribution in [2.24, 2.45) is 5.92 Å². The topological polar surface area (TPSA) is 62.4 Å². The van der Waals surface area contributed by atoms with Crippen LogP contribution in [0.4, 0.5) is 32.0 Å². The predicted molar refractivity (Wildman–Crippen MR) is 130 cm³/mol. The third kappa shape index (κ3) is 10.9. The van der Waals surface area contributed by atoms with Crippen LogP contribution in [-0.4, -0.2) is 43.5 Å². The van der Waals surface area contributed by atoms with Gasteiger partial charge in [0.25, 0.3) is 0 Å². The van der Waals surface area contributed by atoms with Gasteiger partial charge in [-0.2, -0.15) is 26.3 Å². The molecule has 0 saturated carbocycles. The van der Waals surface area contributed by atoms with Crippen molar-refractivity contribution in [3.63, 3.8) is 0 Å². The summed E-state index contributed by atoms with van der Waals surface area (Å²) in [4.78, 5) is 13.1. The quantitative estimate of drug-likeness (QED) is 0.267. The SMILES string of the molecule is CC[C@@H](CNc1ccc(OCC(F)(F)F)cc1)NC(=O)[C@H](CC(C)C)N[C@@H](c1ccccc1)C(F)(F)F. The molecule has 0 fully saturated rings. The molecule has 3 atom stereocenters. The lowest BCUT2D eigenvalue weighted by molar-refractivity contribution is -0.161. The van der Waals surface area contributed by atoms with Crippen LogP contribution in [0.3, 0.4) is 0 Å². The number of benzene rings is 2. The maximum Gasteiger partial charge on any atom is 0.422 e. The molecular formula is C26H33F6N3O2. The second-order valence-electron chi connectivity index (χ2n) is 9.16. The molecule has 0 unspecified atom stereocenters. The van der Waals surface area contributed by atoms with Crippen molar-refractivity contribution in [3.8, 4) is 5.75 Å². The zero-order chi connectivity index (χ0) is 27.6. The zero-order valence-electron chi connectivity index (χ0n) is 20.9. The van der Waals surface area contributed by atoms with E-state index in [9.17, 15) is 31.1 Å². The van der Waals surface area contributed by atoms with Crippen LogP contribution in [0.15, 0.2) is 54.6 Å². The molecule has 0 aliphatic rings. The minimum absolute atomic E-state index is 0.0212. The van der Waals surface area contributed by atoms with Crippen LogP contribution in [0.5, 0.6) is 5.75 Å². The summed E-state index contributed by atoms with van der Waals surface area (Å²) in [7, 11) is 0. The van der Waals surface area contributed by atoms with Gasteiger partial charge >= 0.3 is 12.4 Å². The Morgan fingerprint density at radius 1 is 0.946 bits per heavy atom. The summed E-state index contributed by atoms with van der Waals surface area (Å²) in [5.41, 5.74) is 0.609. The van der Waals surface area contributed by atoms with Crippen molar-refractivity contribution in [3.05, 3.63) is 60.2 Å². The molecule has 1 amide bonds. The van der Waals surface area contributed by atoms with Crippen LogP contribution in [-0.2, 0) is 4.79 Å². The van der Waals surface area contributed by atoms with Gasteiger partial charge in [0.2, 0.25) is 5.91 Å². The Balaban J connectivity index is 2.03. The van der Waals surface area contributed by atoms with Gasteiger partial charge in [0.05, 0.1) is 6.04 Å². The van der Waals surface area contributed by atoms with Gasteiger partial charge in [-0.1, -0.05) is 51.1 Å². The average molecular weight is 534 g/mol. The van der Waals surface area contributed by atoms with E-state index >= 15 is 0 Å². The van der Waals surface area contributed by atoms with E-state index in [0.717, 1.165) is 0 Å². The number of amides is 1. The number of carbonyl (C=O) groups is 1. The van der Waals surface area contributed by atoms with Gasteiger partial charge in [-0.05, 0) is 48.6 Å². The molecule has 2 aromatic rings. The number of hydrogen-bond donors (Lipinski definition) is 3. The summed E-state index contributed by atoms with van der Waals surface area (Å²) in [6.07, 6.45) is -8.33. The molecule has 5 nitrogen and oxygen atoms in total. The maximum absolute atomic E-state index is 13.9. The number of hydrogen-bond acceptors (Lipinski definition) is 4. The number of carbonyl (C=O) groups excluding carboxylic acids is 1. The van der Waals surface area contributed by atoms with Crippen molar-refractivity contribution in [2.75, 3.05) is 18.5 Å². The first-order valence-electron chi connectivity index (χ1n) is 12.0. The van der Waals surface area contributed by atoms with Crippen molar-refractivity contribution in [1.82, 2.24) is 10.6 Å². The average Bonchev–Trinajstić information content (AvgIpc) is 2.82. The Hall–Kier alpha value is -2.95. The van der Waals surface area contributed by atoms with E-state index in [4.69, 9.17) is 0 Å². The molecular weight excluding hydrogens is 500 g/mol. The van der Waals surface area contributed by atoms with E-state index in [-0.39, 0.29) is 30.2 Å². The van der Waals surface area contributed by atoms with Crippen molar-refractivity contribution >= 4 is 11.6 Å². The lowest BCUT2D eigenvalue weighted by Gasteiger charge is -2.29. The number of rotatable bonds is 13. The first-order chi connectivity index (χ1) is 17.3. The number of ether oxygens (including phenoxy) is 1. The fourth-order valence-corrected chi connectivity index (χ4v) is 3.62. The van der Waals surface area contributed by atoms with E-state index in [2.05, 4.69) is 20.7 Å². The lowest BCUT2D eigenvalue weighted by atomic mass is 9.99. The minimum atomic E-state index is -4.60. The molecule has 0 aromatic heterocycles. The fourth-order valence-electron chi connectivity index (χ4n) is 3.62. The van der Waals surface area contributed by atoms with E-state index < -0.39 is 43.0 Å². The molecule has 0 bridgehead atoms. The smallest absolute Gasteiger partial charge is 0.422 e. The van der Waals surface area contributed by atoms with Crippen LogP contribution in [0.1, 0.15) is 45.2 Å². The van der Waals surface area contributed by atoms with Gasteiger partial charge < -0.3 is 15.4 Å². The molecule has 3 N–H and O–H groups in total. The van der Waals surface area contributed by atoms with Crippen LogP contribution < -0.4 is 20.7 Å². The molecule has 0 radical (unpaired) electrons. The number of nitrogens with one attached hydrogen (secondary N) is 3. The molecule has 0 spiro atoms. The summed E-state index contributed by atoms with van der Waals surface area (Å²) in [6.45, 7) is 4.35. The van der Waals surface area contributed by atoms with E-state index in [1.165, 1.54) is 48.5 Å². The van der Waals surface area contributed by atoms with Crippen LogP contribution in [0.2, 0.25) is 0 Å². The largest absolute Gasteiger partial charge is 0.484 e. The first kappa shape index (κ1) is 30.3. The Labute approximate surface area is 213 Å². The Bertz CT molecular complexity index is 950. The standard InChI is InChI=1S/C26H33F6N3O2/c1-4-19(15-33-20-10-12-21(13-11-20)37-16-25(27,28)29)34-24(36)22(14-17(2)3)35-23(26(30,31)32)18-8-6-5-7-9-18/h5-13,17,19,22-23,33,35H,4,14-16H2,1-3H3,(H,34,36)/t19-,22-,23-/m0/s1. The van der Waals surface area contributed by atoms with E-state index in [1.807, 2.05) is 20.8 Å². The predicted octanol–water partition coefficient (Wildman–Crippen LogP) is 6.24. The Kier molecular flexibility index (Phi) is 11.1. The third-order valence-electron chi connectivity index (χ3n) is 5.50. The number of halogens is 6. The summed E-state index contributed by atoms with van der Waals surface area (Å²) in [5, 5.41) is 8.42. The molecule has 0 aliphatic carbocycles. The molecule has 0 heterocycles. The highest BCUT2D eigenvalue weighted by molar-refractivity contribution is 5.82. The maximum atomic E-state index is 13.9.